The number of anilines is 1. The molecule has 0 amide bonds. The molecule has 2 aromatic carbocycles. The van der Waals surface area contributed by atoms with Crippen molar-refractivity contribution in [1.29, 1.82) is 0 Å². The SMILES string of the molecule is C[C@H](CCc1ccccc1)NC(=S)Nc1ccc(OC(F)(F)F)cc1. The highest BCUT2D eigenvalue weighted by Gasteiger charge is 2.30. The summed E-state index contributed by atoms with van der Waals surface area (Å²) in [5, 5.41) is 6.53. The number of thiocarbonyl (C=S) groups is 1. The Morgan fingerprint density at radius 1 is 1.08 bits per heavy atom. The van der Waals surface area contributed by atoms with Gasteiger partial charge in [-0.25, -0.2) is 0 Å². The third kappa shape index (κ3) is 7.43. The predicted octanol–water partition coefficient (Wildman–Crippen LogP) is 4.89. The Morgan fingerprint density at radius 2 is 1.72 bits per heavy atom. The fourth-order valence-corrected chi connectivity index (χ4v) is 2.55. The number of benzene rings is 2. The first-order valence-corrected chi connectivity index (χ1v) is 8.20. The van der Waals surface area contributed by atoms with Gasteiger partial charge in [-0.2, -0.15) is 0 Å². The van der Waals surface area contributed by atoms with Gasteiger partial charge >= 0.3 is 6.36 Å². The van der Waals surface area contributed by atoms with E-state index in [9.17, 15) is 13.2 Å². The van der Waals surface area contributed by atoms with E-state index in [1.54, 1.807) is 0 Å². The lowest BCUT2D eigenvalue weighted by atomic mass is 10.1. The van der Waals surface area contributed by atoms with Crippen LogP contribution in [-0.4, -0.2) is 17.5 Å². The van der Waals surface area contributed by atoms with Crippen molar-refractivity contribution in [2.75, 3.05) is 5.32 Å². The Hall–Kier alpha value is -2.28. The Bertz CT molecular complexity index is 675. The van der Waals surface area contributed by atoms with Crippen molar-refractivity contribution < 1.29 is 17.9 Å². The summed E-state index contributed by atoms with van der Waals surface area (Å²) >= 11 is 5.23. The van der Waals surface area contributed by atoms with Crippen LogP contribution in [0.3, 0.4) is 0 Å². The number of alkyl halides is 3. The maximum absolute atomic E-state index is 12.1. The highest BCUT2D eigenvalue weighted by Crippen LogP contribution is 2.23. The van der Waals surface area contributed by atoms with E-state index >= 15 is 0 Å². The molecule has 7 heteroatoms. The Labute approximate surface area is 150 Å². The van der Waals surface area contributed by atoms with Gasteiger partial charge in [-0.15, -0.1) is 13.2 Å². The number of aryl methyl sites for hydroxylation is 1. The number of nitrogens with one attached hydrogen (secondary N) is 2. The lowest BCUT2D eigenvalue weighted by Crippen LogP contribution is -2.36. The summed E-state index contributed by atoms with van der Waals surface area (Å²) in [6, 6.07) is 15.7. The second-order valence-electron chi connectivity index (χ2n) is 5.60. The number of ether oxygens (including phenoxy) is 1. The second-order valence-corrected chi connectivity index (χ2v) is 6.00. The first-order chi connectivity index (χ1) is 11.8. The monoisotopic (exact) mass is 368 g/mol. The molecule has 0 radical (unpaired) electrons. The number of halogens is 3. The molecule has 0 aliphatic heterocycles. The Balaban J connectivity index is 1.77. The van der Waals surface area contributed by atoms with E-state index in [4.69, 9.17) is 12.2 Å². The van der Waals surface area contributed by atoms with E-state index in [-0.39, 0.29) is 11.8 Å². The van der Waals surface area contributed by atoms with Crippen LogP contribution >= 0.6 is 12.2 Å². The fourth-order valence-electron chi connectivity index (χ4n) is 2.23. The first-order valence-electron chi connectivity index (χ1n) is 7.79. The molecule has 0 fully saturated rings. The Morgan fingerprint density at radius 3 is 2.32 bits per heavy atom. The quantitative estimate of drug-likeness (QED) is 0.711. The van der Waals surface area contributed by atoms with Gasteiger partial charge in [0, 0.05) is 11.7 Å². The van der Waals surface area contributed by atoms with Crippen LogP contribution in [0.15, 0.2) is 54.6 Å². The molecule has 2 N–H and O–H groups in total. The minimum absolute atomic E-state index is 0.160. The molecule has 0 aromatic heterocycles. The molecule has 0 unspecified atom stereocenters. The van der Waals surface area contributed by atoms with E-state index < -0.39 is 6.36 Å². The van der Waals surface area contributed by atoms with Crippen LogP contribution in [0.2, 0.25) is 0 Å². The standard InChI is InChI=1S/C18H19F3N2OS/c1-13(7-8-14-5-3-2-4-6-14)22-17(25)23-15-9-11-16(12-10-15)24-18(19,20)21/h2-6,9-13H,7-8H2,1H3,(H2,22,23,25)/t13-/m1/s1. The molecule has 0 saturated carbocycles. The van der Waals surface area contributed by atoms with Gasteiger partial charge in [0.2, 0.25) is 0 Å². The summed E-state index contributed by atoms with van der Waals surface area (Å²) in [5.74, 6) is -0.270. The highest BCUT2D eigenvalue weighted by molar-refractivity contribution is 7.80. The van der Waals surface area contributed by atoms with Gasteiger partial charge in [0.25, 0.3) is 0 Å². The van der Waals surface area contributed by atoms with E-state index in [2.05, 4.69) is 27.5 Å². The summed E-state index contributed by atoms with van der Waals surface area (Å²) in [4.78, 5) is 0. The topological polar surface area (TPSA) is 33.3 Å². The van der Waals surface area contributed by atoms with Crippen molar-refractivity contribution >= 4 is 23.0 Å². The molecule has 0 heterocycles. The van der Waals surface area contributed by atoms with Crippen LogP contribution in [0.4, 0.5) is 18.9 Å². The van der Waals surface area contributed by atoms with Crippen molar-refractivity contribution in [3.05, 3.63) is 60.2 Å². The molecular formula is C18H19F3N2OS. The molecule has 0 bridgehead atoms. The molecule has 0 aliphatic carbocycles. The number of hydrogen-bond acceptors (Lipinski definition) is 2. The van der Waals surface area contributed by atoms with Crippen molar-refractivity contribution in [2.45, 2.75) is 32.2 Å². The summed E-state index contributed by atoms with van der Waals surface area (Å²) in [5.41, 5.74) is 1.84. The summed E-state index contributed by atoms with van der Waals surface area (Å²) in [6.45, 7) is 2.02. The zero-order valence-electron chi connectivity index (χ0n) is 13.6. The molecule has 2 rings (SSSR count). The molecule has 0 saturated heterocycles. The second kappa shape index (κ2) is 8.71. The number of hydrogen-bond donors (Lipinski definition) is 2. The zero-order valence-corrected chi connectivity index (χ0v) is 14.5. The molecule has 3 nitrogen and oxygen atoms in total. The van der Waals surface area contributed by atoms with Gasteiger partial charge in [0.1, 0.15) is 5.75 Å². The lowest BCUT2D eigenvalue weighted by Gasteiger charge is -2.17. The van der Waals surface area contributed by atoms with Crippen LogP contribution in [0.25, 0.3) is 0 Å². The average molecular weight is 368 g/mol. The Kier molecular flexibility index (Phi) is 6.64. The predicted molar refractivity (Wildman–Crippen MR) is 96.7 cm³/mol. The van der Waals surface area contributed by atoms with Crippen LogP contribution in [0.1, 0.15) is 18.9 Å². The smallest absolute Gasteiger partial charge is 0.406 e. The van der Waals surface area contributed by atoms with Crippen molar-refractivity contribution in [2.24, 2.45) is 0 Å². The first kappa shape index (κ1) is 19.1. The maximum Gasteiger partial charge on any atom is 0.573 e. The van der Waals surface area contributed by atoms with Crippen molar-refractivity contribution in [1.82, 2.24) is 5.32 Å². The van der Waals surface area contributed by atoms with E-state index in [1.807, 2.05) is 25.1 Å². The summed E-state index contributed by atoms with van der Waals surface area (Å²) < 4.78 is 40.2. The summed E-state index contributed by atoms with van der Waals surface area (Å²) in [6.07, 6.45) is -2.86. The van der Waals surface area contributed by atoms with Gasteiger partial charge in [0.15, 0.2) is 5.11 Å². The van der Waals surface area contributed by atoms with Crippen LogP contribution in [0.5, 0.6) is 5.75 Å². The molecule has 0 spiro atoms. The third-order valence-corrected chi connectivity index (χ3v) is 3.65. The molecule has 2 aromatic rings. The molecular weight excluding hydrogens is 349 g/mol. The van der Waals surface area contributed by atoms with E-state index in [0.29, 0.717) is 10.8 Å². The third-order valence-electron chi connectivity index (χ3n) is 3.43. The molecule has 0 aliphatic rings. The normalized spacial score (nSPS) is 12.3. The minimum Gasteiger partial charge on any atom is -0.406 e. The van der Waals surface area contributed by atoms with Gasteiger partial charge < -0.3 is 15.4 Å². The maximum atomic E-state index is 12.1. The van der Waals surface area contributed by atoms with Gasteiger partial charge in [-0.05, 0) is 61.8 Å². The molecule has 25 heavy (non-hydrogen) atoms. The van der Waals surface area contributed by atoms with Crippen molar-refractivity contribution in [3.63, 3.8) is 0 Å². The largest absolute Gasteiger partial charge is 0.573 e. The van der Waals surface area contributed by atoms with Crippen LogP contribution in [-0.2, 0) is 6.42 Å². The average Bonchev–Trinajstić information content (AvgIpc) is 2.54. The summed E-state index contributed by atoms with van der Waals surface area (Å²) in [7, 11) is 0. The van der Waals surface area contributed by atoms with Crippen molar-refractivity contribution in [3.8, 4) is 5.75 Å². The highest BCUT2D eigenvalue weighted by atomic mass is 32.1. The van der Waals surface area contributed by atoms with Crippen LogP contribution < -0.4 is 15.4 Å². The zero-order chi connectivity index (χ0) is 18.3. The number of rotatable bonds is 6. The lowest BCUT2D eigenvalue weighted by molar-refractivity contribution is -0.274. The molecule has 134 valence electrons. The fraction of sp³-hybridized carbons (Fsp3) is 0.278. The van der Waals surface area contributed by atoms with Gasteiger partial charge in [-0.1, -0.05) is 30.3 Å². The van der Waals surface area contributed by atoms with E-state index in [0.717, 1.165) is 12.8 Å². The van der Waals surface area contributed by atoms with E-state index in [1.165, 1.54) is 29.8 Å². The van der Waals surface area contributed by atoms with Gasteiger partial charge in [-0.3, -0.25) is 0 Å². The minimum atomic E-state index is -4.69. The van der Waals surface area contributed by atoms with Gasteiger partial charge in [0.05, 0.1) is 0 Å². The molecule has 1 atom stereocenters. The van der Waals surface area contributed by atoms with Crippen LogP contribution in [0, 0.1) is 0 Å².